The molecule has 0 amide bonds. The van der Waals surface area contributed by atoms with Crippen LogP contribution in [0.5, 0.6) is 11.5 Å². The second-order valence-corrected chi connectivity index (χ2v) is 5.89. The normalized spacial score (nSPS) is 13.2. The molecule has 1 aliphatic rings. The molecule has 1 aliphatic heterocycles. The first-order valence-electron chi connectivity index (χ1n) is 5.83. The molecule has 0 fully saturated rings. The third kappa shape index (κ3) is 2.23. The van der Waals surface area contributed by atoms with E-state index in [2.05, 4.69) is 4.72 Å². The Bertz CT molecular complexity index is 744. The Labute approximate surface area is 116 Å². The SMILES string of the molecule is Nc1cc2c(cc1NS(=O)(=O)c1ccccc1)OCO2. The Kier molecular flexibility index (Phi) is 2.90. The first-order valence-corrected chi connectivity index (χ1v) is 7.31. The van der Waals surface area contributed by atoms with Crippen molar-refractivity contribution in [2.24, 2.45) is 0 Å². The zero-order valence-corrected chi connectivity index (χ0v) is 11.2. The molecule has 2 aromatic carbocycles. The number of nitrogens with one attached hydrogen (secondary N) is 1. The predicted octanol–water partition coefficient (Wildman–Crippen LogP) is 1.80. The van der Waals surface area contributed by atoms with Crippen LogP contribution in [-0.2, 0) is 10.0 Å². The molecule has 0 saturated carbocycles. The Hall–Kier alpha value is -2.41. The molecule has 0 atom stereocenters. The third-order valence-corrected chi connectivity index (χ3v) is 4.22. The van der Waals surface area contributed by atoms with Gasteiger partial charge in [-0.2, -0.15) is 0 Å². The molecule has 104 valence electrons. The molecule has 0 saturated heterocycles. The van der Waals surface area contributed by atoms with E-state index < -0.39 is 10.0 Å². The molecular weight excluding hydrogens is 280 g/mol. The standard InChI is InChI=1S/C13H12N2O4S/c14-10-6-12-13(19-8-18-12)7-11(10)15-20(16,17)9-4-2-1-3-5-9/h1-7,15H,8,14H2. The van der Waals surface area contributed by atoms with Gasteiger partial charge in [0.25, 0.3) is 10.0 Å². The number of hydrogen-bond donors (Lipinski definition) is 2. The van der Waals surface area contributed by atoms with Crippen molar-refractivity contribution >= 4 is 21.4 Å². The number of ether oxygens (including phenoxy) is 2. The highest BCUT2D eigenvalue weighted by Gasteiger charge is 2.20. The number of fused-ring (bicyclic) bond motifs is 1. The van der Waals surface area contributed by atoms with Gasteiger partial charge in [0, 0.05) is 12.1 Å². The molecule has 0 bridgehead atoms. The van der Waals surface area contributed by atoms with Crippen LogP contribution in [0, 0.1) is 0 Å². The smallest absolute Gasteiger partial charge is 0.261 e. The molecule has 6 nitrogen and oxygen atoms in total. The van der Waals surface area contributed by atoms with Crippen LogP contribution in [0.1, 0.15) is 0 Å². The highest BCUT2D eigenvalue weighted by atomic mass is 32.2. The van der Waals surface area contributed by atoms with Gasteiger partial charge in [-0.25, -0.2) is 8.42 Å². The van der Waals surface area contributed by atoms with Gasteiger partial charge >= 0.3 is 0 Å². The molecule has 20 heavy (non-hydrogen) atoms. The number of sulfonamides is 1. The molecule has 7 heteroatoms. The lowest BCUT2D eigenvalue weighted by Gasteiger charge is -2.11. The van der Waals surface area contributed by atoms with Crippen LogP contribution < -0.4 is 19.9 Å². The number of benzene rings is 2. The van der Waals surface area contributed by atoms with Gasteiger partial charge in [0.2, 0.25) is 6.79 Å². The van der Waals surface area contributed by atoms with Crippen LogP contribution in [0.2, 0.25) is 0 Å². The minimum Gasteiger partial charge on any atom is -0.454 e. The molecule has 0 unspecified atom stereocenters. The third-order valence-electron chi connectivity index (χ3n) is 2.84. The highest BCUT2D eigenvalue weighted by molar-refractivity contribution is 7.92. The van der Waals surface area contributed by atoms with Gasteiger partial charge in [0.15, 0.2) is 11.5 Å². The summed E-state index contributed by atoms with van der Waals surface area (Å²) in [7, 11) is -3.68. The van der Waals surface area contributed by atoms with Crippen molar-refractivity contribution in [2.45, 2.75) is 4.90 Å². The topological polar surface area (TPSA) is 90.7 Å². The molecule has 0 spiro atoms. The van der Waals surface area contributed by atoms with Crippen molar-refractivity contribution in [1.82, 2.24) is 0 Å². The van der Waals surface area contributed by atoms with Crippen molar-refractivity contribution in [3.8, 4) is 11.5 Å². The highest BCUT2D eigenvalue weighted by Crippen LogP contribution is 2.38. The molecular formula is C13H12N2O4S. The zero-order valence-electron chi connectivity index (χ0n) is 10.4. The second kappa shape index (κ2) is 4.61. The number of rotatable bonds is 3. The fourth-order valence-corrected chi connectivity index (χ4v) is 2.95. The van der Waals surface area contributed by atoms with Crippen LogP contribution in [0.3, 0.4) is 0 Å². The lowest BCUT2D eigenvalue weighted by molar-refractivity contribution is 0.174. The van der Waals surface area contributed by atoms with E-state index in [0.717, 1.165) is 0 Å². The minimum absolute atomic E-state index is 0.101. The summed E-state index contributed by atoms with van der Waals surface area (Å²) in [6.45, 7) is 0.101. The first-order chi connectivity index (χ1) is 9.56. The molecule has 3 rings (SSSR count). The van der Waals surface area contributed by atoms with E-state index in [9.17, 15) is 8.42 Å². The summed E-state index contributed by atoms with van der Waals surface area (Å²) in [6.07, 6.45) is 0. The molecule has 2 aromatic rings. The maximum atomic E-state index is 12.2. The summed E-state index contributed by atoms with van der Waals surface area (Å²) in [5, 5.41) is 0. The Morgan fingerprint density at radius 2 is 1.70 bits per heavy atom. The van der Waals surface area contributed by atoms with Crippen molar-refractivity contribution in [3.05, 3.63) is 42.5 Å². The Morgan fingerprint density at radius 3 is 2.40 bits per heavy atom. The van der Waals surface area contributed by atoms with E-state index in [1.165, 1.54) is 24.3 Å². The van der Waals surface area contributed by atoms with E-state index >= 15 is 0 Å². The number of anilines is 2. The summed E-state index contributed by atoms with van der Waals surface area (Å²) in [5.74, 6) is 0.968. The van der Waals surface area contributed by atoms with Crippen LogP contribution in [-0.4, -0.2) is 15.2 Å². The Morgan fingerprint density at radius 1 is 1.05 bits per heavy atom. The van der Waals surface area contributed by atoms with E-state index in [1.54, 1.807) is 18.2 Å². The summed E-state index contributed by atoms with van der Waals surface area (Å²) in [5.41, 5.74) is 6.35. The second-order valence-electron chi connectivity index (χ2n) is 4.21. The lowest BCUT2D eigenvalue weighted by Crippen LogP contribution is -2.14. The molecule has 0 aromatic heterocycles. The zero-order chi connectivity index (χ0) is 14.2. The van der Waals surface area contributed by atoms with Crippen LogP contribution >= 0.6 is 0 Å². The van der Waals surface area contributed by atoms with Crippen LogP contribution in [0.25, 0.3) is 0 Å². The quantitative estimate of drug-likeness (QED) is 0.842. The summed E-state index contributed by atoms with van der Waals surface area (Å²) >= 11 is 0. The summed E-state index contributed by atoms with van der Waals surface area (Å²) < 4.78 is 37.2. The van der Waals surface area contributed by atoms with Gasteiger partial charge in [-0.05, 0) is 12.1 Å². The van der Waals surface area contributed by atoms with Gasteiger partial charge in [-0.3, -0.25) is 4.72 Å². The van der Waals surface area contributed by atoms with E-state index in [4.69, 9.17) is 15.2 Å². The largest absolute Gasteiger partial charge is 0.454 e. The van der Waals surface area contributed by atoms with Crippen molar-refractivity contribution in [1.29, 1.82) is 0 Å². The van der Waals surface area contributed by atoms with Crippen LogP contribution in [0.4, 0.5) is 11.4 Å². The average Bonchev–Trinajstić information content (AvgIpc) is 2.87. The molecule has 0 radical (unpaired) electrons. The van der Waals surface area contributed by atoms with Crippen molar-refractivity contribution < 1.29 is 17.9 Å². The maximum absolute atomic E-state index is 12.2. The molecule has 0 aliphatic carbocycles. The fraction of sp³-hybridized carbons (Fsp3) is 0.0769. The van der Waals surface area contributed by atoms with E-state index in [1.807, 2.05) is 0 Å². The van der Waals surface area contributed by atoms with Gasteiger partial charge in [0.05, 0.1) is 16.3 Å². The molecule has 3 N–H and O–H groups in total. The lowest BCUT2D eigenvalue weighted by atomic mass is 10.2. The number of hydrogen-bond acceptors (Lipinski definition) is 5. The van der Waals surface area contributed by atoms with Crippen LogP contribution in [0.15, 0.2) is 47.4 Å². The molecule has 1 heterocycles. The van der Waals surface area contributed by atoms with Crippen molar-refractivity contribution in [2.75, 3.05) is 17.2 Å². The van der Waals surface area contributed by atoms with Gasteiger partial charge in [-0.15, -0.1) is 0 Å². The number of nitrogen functional groups attached to an aromatic ring is 1. The van der Waals surface area contributed by atoms with E-state index in [-0.39, 0.29) is 23.1 Å². The minimum atomic E-state index is -3.68. The summed E-state index contributed by atoms with van der Waals surface area (Å²) in [4.78, 5) is 0.164. The summed E-state index contributed by atoms with van der Waals surface area (Å²) in [6, 6.07) is 11.1. The Balaban J connectivity index is 1.96. The maximum Gasteiger partial charge on any atom is 0.261 e. The predicted molar refractivity (Wildman–Crippen MR) is 74.2 cm³/mol. The van der Waals surface area contributed by atoms with Gasteiger partial charge < -0.3 is 15.2 Å². The van der Waals surface area contributed by atoms with Gasteiger partial charge in [-0.1, -0.05) is 18.2 Å². The van der Waals surface area contributed by atoms with E-state index in [0.29, 0.717) is 11.5 Å². The monoisotopic (exact) mass is 292 g/mol. The van der Waals surface area contributed by atoms with Gasteiger partial charge in [0.1, 0.15) is 0 Å². The fourth-order valence-electron chi connectivity index (χ4n) is 1.85. The number of nitrogens with two attached hydrogens (primary N) is 1. The first kappa shape index (κ1) is 12.6. The van der Waals surface area contributed by atoms with Crippen molar-refractivity contribution in [3.63, 3.8) is 0 Å². The average molecular weight is 292 g/mol.